The highest BCUT2D eigenvalue weighted by molar-refractivity contribution is 6.23. The summed E-state index contributed by atoms with van der Waals surface area (Å²) in [6.45, 7) is 0. The summed E-state index contributed by atoms with van der Waals surface area (Å²) in [5.74, 6) is -1.99. The molecule has 6 aromatic rings. The van der Waals surface area contributed by atoms with Crippen molar-refractivity contribution in [2.45, 2.75) is 0 Å². The Morgan fingerprint density at radius 1 is 0.848 bits per heavy atom. The second-order valence-electron chi connectivity index (χ2n) is 7.62. The number of pyridine rings is 2. The fourth-order valence-corrected chi connectivity index (χ4v) is 4.29. The molecule has 0 aliphatic carbocycles. The van der Waals surface area contributed by atoms with E-state index >= 15 is 0 Å². The molecule has 0 radical (unpaired) electrons. The highest BCUT2D eigenvalue weighted by atomic mass is 19.1. The molecule has 0 atom stereocenters. The minimum atomic E-state index is -0.754. The third-order valence-electron chi connectivity index (χ3n) is 5.76. The van der Waals surface area contributed by atoms with Gasteiger partial charge in [0.15, 0.2) is 0 Å². The van der Waals surface area contributed by atoms with E-state index < -0.39 is 17.5 Å². The van der Waals surface area contributed by atoms with Crippen molar-refractivity contribution in [3.63, 3.8) is 0 Å². The predicted molar refractivity (Wildman–Crippen MR) is 120 cm³/mol. The highest BCUT2D eigenvalue weighted by Gasteiger charge is 2.20. The second-order valence-corrected chi connectivity index (χ2v) is 7.62. The van der Waals surface area contributed by atoms with Gasteiger partial charge in [0.2, 0.25) is 0 Å². The number of fused-ring (bicyclic) bond motifs is 6. The molecule has 0 spiro atoms. The SMILES string of the molecule is O=c1[nH]ccc2c3[nH]c(-c4c(F)cccc4F)nc3c3ccc(-c4ccncc4F)cc3c12. The number of nitrogens with one attached hydrogen (secondary N) is 2. The largest absolute Gasteiger partial charge is 0.337 e. The van der Waals surface area contributed by atoms with Gasteiger partial charge in [0, 0.05) is 28.7 Å². The van der Waals surface area contributed by atoms with Crippen molar-refractivity contribution in [3.05, 3.63) is 94.9 Å². The molecule has 3 aromatic carbocycles. The Morgan fingerprint density at radius 3 is 2.45 bits per heavy atom. The summed E-state index contributed by atoms with van der Waals surface area (Å²) in [5, 5.41) is 2.02. The van der Waals surface area contributed by atoms with Gasteiger partial charge in [-0.25, -0.2) is 18.2 Å². The first-order valence-electron chi connectivity index (χ1n) is 10.0. The number of nitrogens with zero attached hydrogens (tertiary/aromatic N) is 2. The van der Waals surface area contributed by atoms with E-state index in [-0.39, 0.29) is 16.9 Å². The van der Waals surface area contributed by atoms with Crippen LogP contribution in [0.4, 0.5) is 13.2 Å². The Hall–Kier alpha value is -4.46. The van der Waals surface area contributed by atoms with E-state index in [0.717, 1.165) is 18.3 Å². The lowest BCUT2D eigenvalue weighted by molar-refractivity contribution is 0.588. The second kappa shape index (κ2) is 7.03. The van der Waals surface area contributed by atoms with Gasteiger partial charge in [0.25, 0.3) is 5.56 Å². The number of aromatic amines is 2. The Kier molecular flexibility index (Phi) is 4.10. The van der Waals surface area contributed by atoms with Crippen LogP contribution in [-0.2, 0) is 0 Å². The van der Waals surface area contributed by atoms with Gasteiger partial charge in [0.05, 0.1) is 28.2 Å². The van der Waals surface area contributed by atoms with Crippen molar-refractivity contribution in [1.82, 2.24) is 19.9 Å². The van der Waals surface area contributed by atoms with E-state index in [4.69, 9.17) is 0 Å². The summed E-state index contributed by atoms with van der Waals surface area (Å²) in [4.78, 5) is 26.8. The minimum Gasteiger partial charge on any atom is -0.337 e. The Balaban J connectivity index is 1.75. The Labute approximate surface area is 183 Å². The van der Waals surface area contributed by atoms with Crippen LogP contribution < -0.4 is 5.56 Å². The number of aromatic nitrogens is 4. The molecule has 0 saturated carbocycles. The summed E-state index contributed by atoms with van der Waals surface area (Å²) in [7, 11) is 0. The molecule has 5 nitrogen and oxygen atoms in total. The third kappa shape index (κ3) is 2.84. The van der Waals surface area contributed by atoms with Gasteiger partial charge in [-0.15, -0.1) is 0 Å². The number of rotatable bonds is 2. The van der Waals surface area contributed by atoms with Crippen LogP contribution >= 0.6 is 0 Å². The molecule has 0 bridgehead atoms. The topological polar surface area (TPSA) is 74.4 Å². The van der Waals surface area contributed by atoms with E-state index in [1.807, 2.05) is 0 Å². The number of benzene rings is 3. The first-order chi connectivity index (χ1) is 16.0. The van der Waals surface area contributed by atoms with Gasteiger partial charge >= 0.3 is 0 Å². The molecule has 0 saturated heterocycles. The van der Waals surface area contributed by atoms with Crippen molar-refractivity contribution in [3.8, 4) is 22.5 Å². The van der Waals surface area contributed by atoms with Crippen molar-refractivity contribution in [1.29, 1.82) is 0 Å². The van der Waals surface area contributed by atoms with Gasteiger partial charge < -0.3 is 9.97 Å². The third-order valence-corrected chi connectivity index (χ3v) is 5.76. The average molecular weight is 442 g/mol. The van der Waals surface area contributed by atoms with Crippen LogP contribution in [0.2, 0.25) is 0 Å². The van der Waals surface area contributed by atoms with Gasteiger partial charge in [0.1, 0.15) is 23.3 Å². The predicted octanol–water partition coefficient (Wildman–Crippen LogP) is 5.70. The fraction of sp³-hybridized carbons (Fsp3) is 0. The van der Waals surface area contributed by atoms with Crippen molar-refractivity contribution >= 4 is 32.6 Å². The number of H-pyrrole nitrogens is 2. The highest BCUT2D eigenvalue weighted by Crippen LogP contribution is 2.37. The number of halogens is 3. The Morgan fingerprint density at radius 2 is 1.67 bits per heavy atom. The van der Waals surface area contributed by atoms with E-state index in [2.05, 4.69) is 19.9 Å². The van der Waals surface area contributed by atoms with Crippen LogP contribution in [-0.4, -0.2) is 19.9 Å². The molecule has 3 aromatic heterocycles. The zero-order valence-electron chi connectivity index (χ0n) is 16.8. The summed E-state index contributed by atoms with van der Waals surface area (Å²) < 4.78 is 43.2. The standard InChI is InChI=1S/C25H13F3N4O/c26-17-2-1-3-18(27)21(17)24-31-22-14-5-4-12(13-6-8-29-11-19(13)28)10-16(14)20-15(23(22)32-24)7-9-30-25(20)33/h1-11H,(H,30,33)(H,31,32). The normalized spacial score (nSPS) is 11.6. The molecule has 6 rings (SSSR count). The van der Waals surface area contributed by atoms with Crippen LogP contribution in [0.1, 0.15) is 0 Å². The molecule has 0 amide bonds. The smallest absolute Gasteiger partial charge is 0.256 e. The first-order valence-corrected chi connectivity index (χ1v) is 10.0. The van der Waals surface area contributed by atoms with E-state index in [9.17, 15) is 18.0 Å². The van der Waals surface area contributed by atoms with Gasteiger partial charge in [-0.3, -0.25) is 9.78 Å². The molecule has 0 aliphatic heterocycles. The van der Waals surface area contributed by atoms with Crippen LogP contribution in [0.3, 0.4) is 0 Å². The van der Waals surface area contributed by atoms with Gasteiger partial charge in [-0.2, -0.15) is 0 Å². The zero-order valence-corrected chi connectivity index (χ0v) is 16.8. The molecule has 0 unspecified atom stereocenters. The molecule has 8 heteroatoms. The van der Waals surface area contributed by atoms with Gasteiger partial charge in [-0.05, 0) is 41.3 Å². The number of imidazole rings is 1. The molecular weight excluding hydrogens is 429 g/mol. The van der Waals surface area contributed by atoms with Crippen LogP contribution in [0, 0.1) is 17.5 Å². The molecule has 33 heavy (non-hydrogen) atoms. The van der Waals surface area contributed by atoms with E-state index in [1.54, 1.807) is 30.3 Å². The lowest BCUT2D eigenvalue weighted by atomic mass is 9.97. The van der Waals surface area contributed by atoms with Crippen molar-refractivity contribution in [2.75, 3.05) is 0 Å². The van der Waals surface area contributed by atoms with E-state index in [0.29, 0.717) is 43.7 Å². The molecule has 3 heterocycles. The summed E-state index contributed by atoms with van der Waals surface area (Å²) >= 11 is 0. The Bertz CT molecular complexity index is 1770. The monoisotopic (exact) mass is 442 g/mol. The quantitative estimate of drug-likeness (QED) is 0.338. The fourth-order valence-electron chi connectivity index (χ4n) is 4.29. The van der Waals surface area contributed by atoms with Crippen LogP contribution in [0.15, 0.2) is 71.9 Å². The summed E-state index contributed by atoms with van der Waals surface area (Å²) in [5.41, 5.74) is 1.19. The summed E-state index contributed by atoms with van der Waals surface area (Å²) in [6.07, 6.45) is 4.10. The number of hydrogen-bond acceptors (Lipinski definition) is 3. The maximum absolute atomic E-state index is 14.4. The average Bonchev–Trinajstić information content (AvgIpc) is 3.24. The van der Waals surface area contributed by atoms with Gasteiger partial charge in [-0.1, -0.05) is 18.2 Å². The lowest BCUT2D eigenvalue weighted by Crippen LogP contribution is -2.05. The van der Waals surface area contributed by atoms with Crippen molar-refractivity contribution in [2.24, 2.45) is 0 Å². The molecular formula is C25H13F3N4O. The molecule has 160 valence electrons. The van der Waals surface area contributed by atoms with Crippen LogP contribution in [0.5, 0.6) is 0 Å². The van der Waals surface area contributed by atoms with Crippen LogP contribution in [0.25, 0.3) is 55.1 Å². The van der Waals surface area contributed by atoms with E-state index in [1.165, 1.54) is 18.5 Å². The molecule has 2 N–H and O–H groups in total. The first kappa shape index (κ1) is 19.2. The molecule has 0 aliphatic rings. The van der Waals surface area contributed by atoms with Crippen molar-refractivity contribution < 1.29 is 13.2 Å². The zero-order chi connectivity index (χ0) is 22.7. The maximum atomic E-state index is 14.4. The maximum Gasteiger partial charge on any atom is 0.256 e. The summed E-state index contributed by atoms with van der Waals surface area (Å²) in [6, 6.07) is 12.0. The molecule has 0 fully saturated rings. The lowest BCUT2D eigenvalue weighted by Gasteiger charge is -2.08. The minimum absolute atomic E-state index is 0.0129. The number of hydrogen-bond donors (Lipinski definition) is 2.